The summed E-state index contributed by atoms with van der Waals surface area (Å²) < 4.78 is 5.02. The van der Waals surface area contributed by atoms with E-state index in [1.54, 1.807) is 0 Å². The van der Waals surface area contributed by atoms with Crippen molar-refractivity contribution in [3.63, 3.8) is 0 Å². The number of rotatable bonds is 8. The summed E-state index contributed by atoms with van der Waals surface area (Å²) in [7, 11) is 0. The maximum atomic E-state index is 2.45. The van der Waals surface area contributed by atoms with Gasteiger partial charge in [-0.05, 0) is 112 Å². The molecule has 2 aromatic heterocycles. The molecule has 0 saturated carbocycles. The average molecular weight is 821 g/mol. The average Bonchev–Trinajstić information content (AvgIpc) is 3.90. The number of thiophene rings is 1. The molecule has 0 unspecified atom stereocenters. The Hall–Kier alpha value is -7.98. The van der Waals surface area contributed by atoms with Crippen LogP contribution >= 0.6 is 11.3 Å². The Balaban J connectivity index is 1.05. The van der Waals surface area contributed by atoms with Crippen molar-refractivity contribution in [3.8, 4) is 50.2 Å². The van der Waals surface area contributed by atoms with Crippen LogP contribution in [0.3, 0.4) is 0 Å². The van der Waals surface area contributed by atoms with Crippen LogP contribution in [0.4, 0.5) is 17.1 Å². The van der Waals surface area contributed by atoms with Gasteiger partial charge in [-0.25, -0.2) is 0 Å². The predicted molar refractivity (Wildman–Crippen MR) is 270 cm³/mol. The molecular weight excluding hydrogens is 781 g/mol. The van der Waals surface area contributed by atoms with Gasteiger partial charge in [0.05, 0.1) is 16.7 Å². The Bertz CT molecular complexity index is 3620. The lowest BCUT2D eigenvalue weighted by Gasteiger charge is -2.29. The topological polar surface area (TPSA) is 8.17 Å². The first-order valence-electron chi connectivity index (χ1n) is 21.5. The molecule has 12 aromatic rings. The van der Waals surface area contributed by atoms with Crippen molar-refractivity contribution in [2.45, 2.75) is 0 Å². The van der Waals surface area contributed by atoms with Gasteiger partial charge < -0.3 is 9.47 Å². The molecule has 0 spiro atoms. The smallest absolute Gasteiger partial charge is 0.0542 e. The first-order chi connectivity index (χ1) is 31.3. The molecule has 0 aliphatic carbocycles. The van der Waals surface area contributed by atoms with Gasteiger partial charge in [-0.15, -0.1) is 11.3 Å². The first-order valence-corrected chi connectivity index (χ1v) is 22.3. The third kappa shape index (κ3) is 6.41. The van der Waals surface area contributed by atoms with Crippen LogP contribution in [0.5, 0.6) is 0 Å². The largest absolute Gasteiger partial charge is 0.310 e. The lowest BCUT2D eigenvalue weighted by atomic mass is 9.88. The van der Waals surface area contributed by atoms with E-state index in [0.717, 1.165) is 28.3 Å². The highest BCUT2D eigenvalue weighted by Crippen LogP contribution is 2.47. The van der Waals surface area contributed by atoms with E-state index in [4.69, 9.17) is 0 Å². The summed E-state index contributed by atoms with van der Waals surface area (Å²) in [6.45, 7) is 0. The number of anilines is 3. The minimum absolute atomic E-state index is 1.08. The fourth-order valence-corrected chi connectivity index (χ4v) is 10.6. The monoisotopic (exact) mass is 820 g/mol. The Kier molecular flexibility index (Phi) is 9.06. The van der Waals surface area contributed by atoms with Crippen molar-refractivity contribution in [2.75, 3.05) is 4.90 Å². The fourth-order valence-electron chi connectivity index (χ4n) is 9.53. The molecule has 0 aliphatic rings. The van der Waals surface area contributed by atoms with Gasteiger partial charge >= 0.3 is 0 Å². The van der Waals surface area contributed by atoms with Gasteiger partial charge in [0.2, 0.25) is 0 Å². The zero-order chi connectivity index (χ0) is 41.7. The number of aromatic nitrogens is 1. The zero-order valence-corrected chi connectivity index (χ0v) is 35.2. The third-order valence-electron chi connectivity index (χ3n) is 12.4. The fraction of sp³-hybridized carbons (Fsp3) is 0. The van der Waals surface area contributed by atoms with Crippen LogP contribution in [0.2, 0.25) is 0 Å². The van der Waals surface area contributed by atoms with Crippen molar-refractivity contribution in [3.05, 3.63) is 243 Å². The van der Waals surface area contributed by atoms with Crippen LogP contribution in [-0.4, -0.2) is 4.57 Å². The Morgan fingerprint density at radius 1 is 0.302 bits per heavy atom. The molecule has 0 fully saturated rings. The van der Waals surface area contributed by atoms with E-state index in [-0.39, 0.29) is 0 Å². The summed E-state index contributed by atoms with van der Waals surface area (Å²) in [5.41, 5.74) is 16.3. The van der Waals surface area contributed by atoms with Crippen LogP contribution in [0.1, 0.15) is 0 Å². The summed E-state index contributed by atoms with van der Waals surface area (Å²) in [4.78, 5) is 2.45. The van der Waals surface area contributed by atoms with Gasteiger partial charge in [0, 0.05) is 53.6 Å². The van der Waals surface area contributed by atoms with Crippen molar-refractivity contribution in [1.82, 2.24) is 4.57 Å². The number of hydrogen-bond donors (Lipinski definition) is 0. The molecule has 2 heterocycles. The molecular formula is C60H40N2S. The Morgan fingerprint density at radius 3 is 1.62 bits per heavy atom. The van der Waals surface area contributed by atoms with Gasteiger partial charge in [-0.1, -0.05) is 170 Å². The zero-order valence-electron chi connectivity index (χ0n) is 34.4. The van der Waals surface area contributed by atoms with Crippen molar-refractivity contribution >= 4 is 70.4 Å². The quantitative estimate of drug-likeness (QED) is 0.148. The van der Waals surface area contributed by atoms with E-state index in [2.05, 4.69) is 252 Å². The van der Waals surface area contributed by atoms with E-state index in [1.807, 2.05) is 11.3 Å². The number of para-hydroxylation sites is 3. The van der Waals surface area contributed by atoms with Crippen molar-refractivity contribution in [2.24, 2.45) is 0 Å². The van der Waals surface area contributed by atoms with Crippen LogP contribution in [0, 0.1) is 0 Å². The summed E-state index contributed by atoms with van der Waals surface area (Å²) in [6.07, 6.45) is 0. The van der Waals surface area contributed by atoms with E-state index in [0.29, 0.717) is 0 Å². The van der Waals surface area contributed by atoms with E-state index in [9.17, 15) is 0 Å². The maximum Gasteiger partial charge on any atom is 0.0542 e. The van der Waals surface area contributed by atoms with Crippen LogP contribution < -0.4 is 4.90 Å². The maximum absolute atomic E-state index is 2.45. The molecule has 3 heteroatoms. The number of nitrogens with zero attached hydrogens (tertiary/aromatic N) is 2. The van der Waals surface area contributed by atoms with Gasteiger partial charge in [0.25, 0.3) is 0 Å². The van der Waals surface area contributed by atoms with Gasteiger partial charge in [-0.3, -0.25) is 0 Å². The Morgan fingerprint density at radius 2 is 0.841 bits per heavy atom. The highest BCUT2D eigenvalue weighted by molar-refractivity contribution is 7.25. The molecule has 0 N–H and O–H groups in total. The molecule has 0 radical (unpaired) electrons. The lowest BCUT2D eigenvalue weighted by Crippen LogP contribution is -2.11. The highest BCUT2D eigenvalue weighted by atomic mass is 32.1. The standard InChI is InChI=1S/C60H40N2S/c1-3-17-42(18-4-1)47-21-7-8-22-48(47)49-23-9-10-24-50(49)51-25-11-14-28-56(51)61(45-34-31-41(32-35-45)43-33-38-60-55(39-43)53-27-13-16-30-59(53)63-60)46-36-37-58-54(40-46)52-26-12-15-29-57(52)62(58)44-19-5-2-6-20-44/h1-40H. The summed E-state index contributed by atoms with van der Waals surface area (Å²) >= 11 is 1.86. The van der Waals surface area contributed by atoms with Gasteiger partial charge in [-0.2, -0.15) is 0 Å². The molecule has 296 valence electrons. The van der Waals surface area contributed by atoms with Crippen LogP contribution in [-0.2, 0) is 0 Å². The Labute approximate surface area is 370 Å². The third-order valence-corrected chi connectivity index (χ3v) is 13.6. The summed E-state index contributed by atoms with van der Waals surface area (Å²) in [5, 5.41) is 5.05. The second-order valence-corrected chi connectivity index (χ2v) is 17.1. The molecule has 10 aromatic carbocycles. The number of fused-ring (bicyclic) bond motifs is 6. The first kappa shape index (κ1) is 36.8. The van der Waals surface area contributed by atoms with Gasteiger partial charge in [0.15, 0.2) is 0 Å². The SMILES string of the molecule is c1ccc(-c2ccccc2-c2ccccc2-c2ccccc2N(c2ccc(-c3ccc4sc5ccccc5c4c3)cc2)c2ccc3c(c2)c2ccccc2n3-c2ccccc2)cc1. The van der Waals surface area contributed by atoms with Crippen molar-refractivity contribution in [1.29, 1.82) is 0 Å². The number of benzene rings is 10. The normalized spacial score (nSPS) is 11.5. The number of hydrogen-bond acceptors (Lipinski definition) is 2. The summed E-state index contributed by atoms with van der Waals surface area (Å²) in [6, 6.07) is 88.5. The highest BCUT2D eigenvalue weighted by Gasteiger charge is 2.22. The molecule has 63 heavy (non-hydrogen) atoms. The van der Waals surface area contributed by atoms with Gasteiger partial charge in [0.1, 0.15) is 0 Å². The minimum atomic E-state index is 1.08. The molecule has 0 aliphatic heterocycles. The lowest BCUT2D eigenvalue weighted by molar-refractivity contribution is 1.18. The van der Waals surface area contributed by atoms with Crippen LogP contribution in [0.25, 0.3) is 92.2 Å². The molecule has 12 rings (SSSR count). The van der Waals surface area contributed by atoms with E-state index >= 15 is 0 Å². The van der Waals surface area contributed by atoms with E-state index in [1.165, 1.54) is 80.9 Å². The predicted octanol–water partition coefficient (Wildman–Crippen LogP) is 17.3. The molecule has 0 bridgehead atoms. The second-order valence-electron chi connectivity index (χ2n) is 16.1. The molecule has 0 atom stereocenters. The molecule has 0 saturated heterocycles. The van der Waals surface area contributed by atoms with Crippen molar-refractivity contribution < 1.29 is 0 Å². The second kappa shape index (κ2) is 15.5. The molecule has 0 amide bonds. The van der Waals surface area contributed by atoms with E-state index < -0.39 is 0 Å². The van der Waals surface area contributed by atoms with Crippen LogP contribution in [0.15, 0.2) is 243 Å². The summed E-state index contributed by atoms with van der Waals surface area (Å²) in [5.74, 6) is 0. The minimum Gasteiger partial charge on any atom is -0.310 e. The molecule has 2 nitrogen and oxygen atoms in total.